The molecule has 0 aromatic heterocycles. The number of benzene rings is 2. The van der Waals surface area contributed by atoms with Crippen molar-refractivity contribution in [3.8, 4) is 11.5 Å². The summed E-state index contributed by atoms with van der Waals surface area (Å²) in [5.74, 6) is 1.68. The quantitative estimate of drug-likeness (QED) is 0.807. The van der Waals surface area contributed by atoms with E-state index in [-0.39, 0.29) is 12.7 Å². The fourth-order valence-corrected chi connectivity index (χ4v) is 3.37. The highest BCUT2D eigenvalue weighted by molar-refractivity contribution is 9.10. The number of fused-ring (bicyclic) bond motifs is 1. The number of carbonyl (C=O) groups is 1. The van der Waals surface area contributed by atoms with Crippen molar-refractivity contribution in [3.05, 3.63) is 46.4 Å². The Bertz CT molecular complexity index is 721. The first-order valence-electron chi connectivity index (χ1n) is 6.70. The Labute approximate surface area is 141 Å². The molecule has 0 radical (unpaired) electrons. The van der Waals surface area contributed by atoms with Crippen LogP contribution in [-0.2, 0) is 4.79 Å². The van der Waals surface area contributed by atoms with Crippen LogP contribution in [0.25, 0.3) is 0 Å². The molecule has 0 atom stereocenters. The third-order valence-corrected chi connectivity index (χ3v) is 4.82. The number of aryl methyl sites for hydroxylation is 1. The summed E-state index contributed by atoms with van der Waals surface area (Å²) in [6.45, 7) is 2.26. The van der Waals surface area contributed by atoms with E-state index in [1.54, 1.807) is 18.2 Å². The molecule has 0 unspecified atom stereocenters. The number of amides is 1. The average molecular weight is 380 g/mol. The minimum atomic E-state index is -0.0498. The smallest absolute Gasteiger partial charge is 0.234 e. The van der Waals surface area contributed by atoms with Crippen molar-refractivity contribution in [2.24, 2.45) is 0 Å². The molecule has 1 aliphatic heterocycles. The van der Waals surface area contributed by atoms with E-state index < -0.39 is 0 Å². The van der Waals surface area contributed by atoms with Gasteiger partial charge in [-0.15, -0.1) is 11.8 Å². The van der Waals surface area contributed by atoms with Crippen LogP contribution in [0.4, 0.5) is 5.69 Å². The van der Waals surface area contributed by atoms with Gasteiger partial charge >= 0.3 is 0 Å². The molecule has 0 saturated carbocycles. The molecule has 1 aliphatic rings. The Hall–Kier alpha value is -1.66. The largest absolute Gasteiger partial charge is 0.454 e. The summed E-state index contributed by atoms with van der Waals surface area (Å²) < 4.78 is 11.6. The average Bonchev–Trinajstić information content (AvgIpc) is 2.94. The number of hydrogen-bond donors (Lipinski definition) is 1. The summed E-state index contributed by atoms with van der Waals surface area (Å²) in [6, 6.07) is 11.4. The van der Waals surface area contributed by atoms with Gasteiger partial charge in [0.15, 0.2) is 11.5 Å². The minimum Gasteiger partial charge on any atom is -0.454 e. The van der Waals surface area contributed by atoms with E-state index >= 15 is 0 Å². The molecule has 6 heteroatoms. The van der Waals surface area contributed by atoms with Crippen LogP contribution in [0, 0.1) is 6.92 Å². The number of hydrogen-bond acceptors (Lipinski definition) is 4. The van der Waals surface area contributed by atoms with Gasteiger partial charge < -0.3 is 14.8 Å². The third kappa shape index (κ3) is 3.56. The molecule has 1 N–H and O–H groups in total. The molecule has 1 amide bonds. The van der Waals surface area contributed by atoms with Gasteiger partial charge in [0.1, 0.15) is 0 Å². The van der Waals surface area contributed by atoms with Crippen LogP contribution in [0.15, 0.2) is 45.8 Å². The van der Waals surface area contributed by atoms with Gasteiger partial charge in [0, 0.05) is 21.1 Å². The van der Waals surface area contributed by atoms with Crippen LogP contribution in [0.5, 0.6) is 11.5 Å². The molecule has 2 aromatic carbocycles. The normalized spacial score (nSPS) is 12.3. The van der Waals surface area contributed by atoms with Gasteiger partial charge in [0.2, 0.25) is 12.7 Å². The monoisotopic (exact) mass is 379 g/mol. The highest BCUT2D eigenvalue weighted by Gasteiger charge is 2.14. The van der Waals surface area contributed by atoms with Gasteiger partial charge in [-0.2, -0.15) is 0 Å². The van der Waals surface area contributed by atoms with Crippen molar-refractivity contribution in [1.82, 2.24) is 0 Å². The highest BCUT2D eigenvalue weighted by atomic mass is 79.9. The van der Waals surface area contributed by atoms with Crippen LogP contribution in [0.3, 0.4) is 0 Å². The number of halogens is 1. The van der Waals surface area contributed by atoms with Crippen molar-refractivity contribution in [1.29, 1.82) is 0 Å². The molecule has 0 saturated heterocycles. The Morgan fingerprint density at radius 3 is 2.86 bits per heavy atom. The fraction of sp³-hybridized carbons (Fsp3) is 0.188. The summed E-state index contributed by atoms with van der Waals surface area (Å²) in [5.41, 5.74) is 1.86. The first kappa shape index (κ1) is 15.2. The number of thioether (sulfide) groups is 1. The molecular formula is C16H14BrNO3S. The van der Waals surface area contributed by atoms with Crippen LogP contribution in [0.2, 0.25) is 0 Å². The maximum absolute atomic E-state index is 12.1. The lowest BCUT2D eigenvalue weighted by atomic mass is 10.2. The van der Waals surface area contributed by atoms with E-state index in [0.29, 0.717) is 22.9 Å². The van der Waals surface area contributed by atoms with Crippen molar-refractivity contribution in [2.45, 2.75) is 11.8 Å². The van der Waals surface area contributed by atoms with E-state index in [9.17, 15) is 4.79 Å². The first-order valence-corrected chi connectivity index (χ1v) is 8.48. The summed E-state index contributed by atoms with van der Waals surface area (Å²) in [5, 5.41) is 2.87. The van der Waals surface area contributed by atoms with E-state index in [0.717, 1.165) is 14.9 Å². The van der Waals surface area contributed by atoms with Gasteiger partial charge in [-0.05, 0) is 42.8 Å². The SMILES string of the molecule is Cc1cc(Br)ccc1SCC(=O)Nc1ccc2c(c1)OCO2. The van der Waals surface area contributed by atoms with Crippen molar-refractivity contribution in [2.75, 3.05) is 17.9 Å². The number of nitrogens with one attached hydrogen (secondary N) is 1. The van der Waals surface area contributed by atoms with Crippen molar-refractivity contribution >= 4 is 39.3 Å². The van der Waals surface area contributed by atoms with Crippen molar-refractivity contribution in [3.63, 3.8) is 0 Å². The van der Waals surface area contributed by atoms with Crippen LogP contribution in [0.1, 0.15) is 5.56 Å². The van der Waals surface area contributed by atoms with E-state index in [1.807, 2.05) is 25.1 Å². The van der Waals surface area contributed by atoms with Gasteiger partial charge in [0.05, 0.1) is 5.75 Å². The fourth-order valence-electron chi connectivity index (χ4n) is 2.09. The molecule has 22 heavy (non-hydrogen) atoms. The predicted octanol–water partition coefficient (Wildman–Crippen LogP) is 4.22. The maximum Gasteiger partial charge on any atom is 0.234 e. The Balaban J connectivity index is 1.58. The first-order chi connectivity index (χ1) is 10.6. The molecule has 0 fully saturated rings. The van der Waals surface area contributed by atoms with Crippen LogP contribution < -0.4 is 14.8 Å². The molecule has 0 bridgehead atoms. The second kappa shape index (κ2) is 6.62. The number of rotatable bonds is 4. The molecule has 0 aliphatic carbocycles. The topological polar surface area (TPSA) is 47.6 Å². The van der Waals surface area contributed by atoms with E-state index in [4.69, 9.17) is 9.47 Å². The number of carbonyl (C=O) groups excluding carboxylic acids is 1. The Kier molecular flexibility index (Phi) is 4.59. The number of anilines is 1. The van der Waals surface area contributed by atoms with Crippen molar-refractivity contribution < 1.29 is 14.3 Å². The summed E-state index contributed by atoms with van der Waals surface area (Å²) in [6.07, 6.45) is 0. The predicted molar refractivity (Wildman–Crippen MR) is 90.8 cm³/mol. The lowest BCUT2D eigenvalue weighted by Gasteiger charge is -2.08. The molecule has 4 nitrogen and oxygen atoms in total. The minimum absolute atomic E-state index is 0.0498. The summed E-state index contributed by atoms with van der Waals surface area (Å²) in [7, 11) is 0. The zero-order chi connectivity index (χ0) is 15.5. The maximum atomic E-state index is 12.1. The Morgan fingerprint density at radius 1 is 1.23 bits per heavy atom. The highest BCUT2D eigenvalue weighted by Crippen LogP contribution is 2.34. The Morgan fingerprint density at radius 2 is 2.05 bits per heavy atom. The summed E-state index contributed by atoms with van der Waals surface area (Å²) in [4.78, 5) is 13.2. The molecular weight excluding hydrogens is 366 g/mol. The number of ether oxygens (including phenoxy) is 2. The molecule has 2 aromatic rings. The van der Waals surface area contributed by atoms with Gasteiger partial charge in [-0.3, -0.25) is 4.79 Å². The molecule has 3 rings (SSSR count). The second-order valence-electron chi connectivity index (χ2n) is 4.81. The van der Waals surface area contributed by atoms with Gasteiger partial charge in [0.25, 0.3) is 0 Å². The zero-order valence-corrected chi connectivity index (χ0v) is 14.3. The standard InChI is InChI=1S/C16H14BrNO3S/c1-10-6-11(17)2-5-15(10)22-8-16(19)18-12-3-4-13-14(7-12)21-9-20-13/h2-7H,8-9H2,1H3,(H,18,19). The summed E-state index contributed by atoms with van der Waals surface area (Å²) >= 11 is 4.95. The van der Waals surface area contributed by atoms with Gasteiger partial charge in [-0.25, -0.2) is 0 Å². The molecule has 114 valence electrons. The molecule has 1 heterocycles. The lowest BCUT2D eigenvalue weighted by molar-refractivity contribution is -0.113. The lowest BCUT2D eigenvalue weighted by Crippen LogP contribution is -2.14. The van der Waals surface area contributed by atoms with Crippen LogP contribution >= 0.6 is 27.7 Å². The van der Waals surface area contributed by atoms with E-state index in [2.05, 4.69) is 21.2 Å². The second-order valence-corrected chi connectivity index (χ2v) is 6.75. The third-order valence-electron chi connectivity index (χ3n) is 3.15. The molecule has 0 spiro atoms. The van der Waals surface area contributed by atoms with Crippen LogP contribution in [-0.4, -0.2) is 18.5 Å². The van der Waals surface area contributed by atoms with Gasteiger partial charge in [-0.1, -0.05) is 15.9 Å². The zero-order valence-electron chi connectivity index (χ0n) is 11.9. The van der Waals surface area contributed by atoms with E-state index in [1.165, 1.54) is 11.8 Å².